The predicted octanol–water partition coefficient (Wildman–Crippen LogP) is 4.53. The minimum Gasteiger partial charge on any atom is -0.496 e. The molecule has 0 spiro atoms. The van der Waals surface area contributed by atoms with E-state index in [0.29, 0.717) is 11.5 Å². The van der Waals surface area contributed by atoms with Crippen LogP contribution in [0.1, 0.15) is 23.1 Å². The highest BCUT2D eigenvalue weighted by atomic mass is 19.1. The van der Waals surface area contributed by atoms with Gasteiger partial charge in [-0.25, -0.2) is 13.8 Å². The zero-order valence-corrected chi connectivity index (χ0v) is 14.9. The summed E-state index contributed by atoms with van der Waals surface area (Å²) in [5.74, 6) is 0.0468. The molecule has 4 nitrogen and oxygen atoms in total. The summed E-state index contributed by atoms with van der Waals surface area (Å²) in [6.07, 6.45) is 6.49. The molecule has 2 aromatic carbocycles. The molecule has 0 aliphatic heterocycles. The summed E-state index contributed by atoms with van der Waals surface area (Å²) in [7, 11) is 1.65. The van der Waals surface area contributed by atoms with Crippen LogP contribution in [0.3, 0.4) is 0 Å². The summed E-state index contributed by atoms with van der Waals surface area (Å²) >= 11 is 0. The molecule has 0 radical (unpaired) electrons. The number of nitrogens with one attached hydrogen (secondary N) is 1. The third kappa shape index (κ3) is 3.47. The molecule has 0 unspecified atom stereocenters. The number of halogens is 2. The van der Waals surface area contributed by atoms with E-state index in [1.54, 1.807) is 19.5 Å². The Kier molecular flexibility index (Phi) is 4.71. The van der Waals surface area contributed by atoms with Crippen LogP contribution in [0.25, 0.3) is 11.3 Å². The van der Waals surface area contributed by atoms with E-state index in [9.17, 15) is 8.78 Å². The number of fused-ring (bicyclic) bond motifs is 1. The molecule has 0 fully saturated rings. The van der Waals surface area contributed by atoms with Gasteiger partial charge >= 0.3 is 0 Å². The number of methoxy groups -OCH3 is 1. The lowest BCUT2D eigenvalue weighted by molar-refractivity contribution is 0.416. The van der Waals surface area contributed by atoms with Crippen molar-refractivity contribution in [1.29, 1.82) is 0 Å². The predicted molar refractivity (Wildman–Crippen MR) is 99.7 cm³/mol. The molecule has 1 aromatic heterocycles. The number of benzene rings is 2. The van der Waals surface area contributed by atoms with Crippen molar-refractivity contribution in [3.8, 4) is 17.0 Å². The highest BCUT2D eigenvalue weighted by Crippen LogP contribution is 2.35. The second kappa shape index (κ2) is 7.31. The molecule has 27 heavy (non-hydrogen) atoms. The molecule has 0 bridgehead atoms. The standard InChI is InChI=1S/C21H19F2N3O/c1-27-20-9-14-5-2-4-13(14)8-15(20)19-11-26-21(12-24-19)25-10-16-17(22)6-3-7-18(16)23/h3,6-9,11-12H,2,4-5,10H2,1H3,(H,25,26). The molecular weight excluding hydrogens is 348 g/mol. The van der Waals surface area contributed by atoms with Crippen LogP contribution in [0, 0.1) is 11.6 Å². The van der Waals surface area contributed by atoms with Crippen molar-refractivity contribution >= 4 is 5.82 Å². The molecule has 4 rings (SSSR count). The van der Waals surface area contributed by atoms with Gasteiger partial charge in [0.15, 0.2) is 0 Å². The Labute approximate surface area is 156 Å². The number of hydrogen-bond acceptors (Lipinski definition) is 4. The fraction of sp³-hybridized carbons (Fsp3) is 0.238. The fourth-order valence-corrected chi connectivity index (χ4v) is 3.41. The minimum absolute atomic E-state index is 0.00526. The largest absolute Gasteiger partial charge is 0.496 e. The average molecular weight is 367 g/mol. The number of aromatic nitrogens is 2. The SMILES string of the molecule is COc1cc2c(cc1-c1cnc(NCc3c(F)cccc3F)cn1)CCC2. The van der Waals surface area contributed by atoms with Crippen LogP contribution in [0.5, 0.6) is 5.75 Å². The first-order valence-corrected chi connectivity index (χ1v) is 8.84. The Balaban J connectivity index is 1.54. The van der Waals surface area contributed by atoms with Gasteiger partial charge in [-0.3, -0.25) is 4.98 Å². The van der Waals surface area contributed by atoms with Gasteiger partial charge in [-0.2, -0.15) is 0 Å². The van der Waals surface area contributed by atoms with Crippen LogP contribution in [-0.2, 0) is 19.4 Å². The maximum Gasteiger partial charge on any atom is 0.144 e. The van der Waals surface area contributed by atoms with Crippen LogP contribution in [-0.4, -0.2) is 17.1 Å². The molecule has 0 atom stereocenters. The summed E-state index contributed by atoms with van der Waals surface area (Å²) in [4.78, 5) is 8.77. The van der Waals surface area contributed by atoms with E-state index >= 15 is 0 Å². The third-order valence-corrected chi connectivity index (χ3v) is 4.85. The second-order valence-corrected chi connectivity index (χ2v) is 6.52. The quantitative estimate of drug-likeness (QED) is 0.720. The van der Waals surface area contributed by atoms with Crippen molar-refractivity contribution in [2.45, 2.75) is 25.8 Å². The fourth-order valence-electron chi connectivity index (χ4n) is 3.41. The van der Waals surface area contributed by atoms with Crippen molar-refractivity contribution in [1.82, 2.24) is 9.97 Å². The molecule has 1 aliphatic rings. The molecule has 138 valence electrons. The van der Waals surface area contributed by atoms with Crippen molar-refractivity contribution < 1.29 is 13.5 Å². The molecule has 1 heterocycles. The maximum atomic E-state index is 13.7. The second-order valence-electron chi connectivity index (χ2n) is 6.52. The van der Waals surface area contributed by atoms with Gasteiger partial charge in [-0.15, -0.1) is 0 Å². The zero-order valence-electron chi connectivity index (χ0n) is 14.9. The van der Waals surface area contributed by atoms with Crippen LogP contribution in [0.15, 0.2) is 42.7 Å². The lowest BCUT2D eigenvalue weighted by Gasteiger charge is -2.12. The smallest absolute Gasteiger partial charge is 0.144 e. The number of ether oxygens (including phenoxy) is 1. The molecule has 0 amide bonds. The van der Waals surface area contributed by atoms with Gasteiger partial charge < -0.3 is 10.1 Å². The monoisotopic (exact) mass is 367 g/mol. The van der Waals surface area contributed by atoms with Crippen LogP contribution in [0.2, 0.25) is 0 Å². The molecule has 3 aromatic rings. The molecule has 6 heteroatoms. The van der Waals surface area contributed by atoms with E-state index in [1.165, 1.54) is 29.3 Å². The first-order valence-electron chi connectivity index (χ1n) is 8.84. The van der Waals surface area contributed by atoms with Gasteiger partial charge in [0.05, 0.1) is 25.2 Å². The van der Waals surface area contributed by atoms with Gasteiger partial charge in [-0.1, -0.05) is 6.07 Å². The van der Waals surface area contributed by atoms with Crippen molar-refractivity contribution in [3.05, 3.63) is 71.1 Å². The molecule has 0 saturated heterocycles. The lowest BCUT2D eigenvalue weighted by Crippen LogP contribution is -2.06. The summed E-state index contributed by atoms with van der Waals surface area (Å²) in [5, 5.41) is 2.91. The lowest BCUT2D eigenvalue weighted by atomic mass is 10.0. The van der Waals surface area contributed by atoms with E-state index in [0.717, 1.165) is 30.6 Å². The summed E-state index contributed by atoms with van der Waals surface area (Å²) in [6, 6.07) is 8.00. The highest BCUT2D eigenvalue weighted by Gasteiger charge is 2.17. The Bertz CT molecular complexity index is 954. The Morgan fingerprint density at radius 1 is 1.04 bits per heavy atom. The molecule has 1 N–H and O–H groups in total. The van der Waals surface area contributed by atoms with E-state index < -0.39 is 11.6 Å². The van der Waals surface area contributed by atoms with E-state index in [-0.39, 0.29) is 12.1 Å². The summed E-state index contributed by atoms with van der Waals surface area (Å²) in [6.45, 7) is -0.00526. The zero-order chi connectivity index (χ0) is 18.8. The maximum absolute atomic E-state index is 13.7. The number of aryl methyl sites for hydroxylation is 2. The minimum atomic E-state index is -0.588. The number of rotatable bonds is 5. The van der Waals surface area contributed by atoms with Gasteiger partial charge in [0.2, 0.25) is 0 Å². The Hall–Kier alpha value is -3.02. The average Bonchev–Trinajstić information content (AvgIpc) is 3.14. The third-order valence-electron chi connectivity index (χ3n) is 4.85. The number of anilines is 1. The van der Waals surface area contributed by atoms with Gasteiger partial charge in [0.1, 0.15) is 23.2 Å². The highest BCUT2D eigenvalue weighted by molar-refractivity contribution is 5.69. The van der Waals surface area contributed by atoms with Gasteiger partial charge in [0.25, 0.3) is 0 Å². The van der Waals surface area contributed by atoms with Gasteiger partial charge in [0, 0.05) is 17.7 Å². The van der Waals surface area contributed by atoms with E-state index in [1.807, 2.05) is 0 Å². The molecular formula is C21H19F2N3O. The van der Waals surface area contributed by atoms with E-state index in [2.05, 4.69) is 27.4 Å². The number of nitrogens with zero attached hydrogens (tertiary/aromatic N) is 2. The van der Waals surface area contributed by atoms with Crippen LogP contribution < -0.4 is 10.1 Å². The molecule has 1 aliphatic carbocycles. The van der Waals surface area contributed by atoms with E-state index in [4.69, 9.17) is 4.74 Å². The van der Waals surface area contributed by atoms with Crippen molar-refractivity contribution in [3.63, 3.8) is 0 Å². The van der Waals surface area contributed by atoms with Gasteiger partial charge in [-0.05, 0) is 54.7 Å². The topological polar surface area (TPSA) is 47.0 Å². The van der Waals surface area contributed by atoms with Crippen LogP contribution in [0.4, 0.5) is 14.6 Å². The first kappa shape index (κ1) is 17.4. The van der Waals surface area contributed by atoms with Crippen molar-refractivity contribution in [2.75, 3.05) is 12.4 Å². The summed E-state index contributed by atoms with van der Waals surface area (Å²) in [5.41, 5.74) is 4.23. The molecule has 0 saturated carbocycles. The normalized spacial score (nSPS) is 12.7. The number of hydrogen-bond donors (Lipinski definition) is 1. The Morgan fingerprint density at radius 3 is 2.44 bits per heavy atom. The van der Waals surface area contributed by atoms with Crippen LogP contribution >= 0.6 is 0 Å². The first-order chi connectivity index (χ1) is 13.2. The summed E-state index contributed by atoms with van der Waals surface area (Å²) < 4.78 is 32.9. The Morgan fingerprint density at radius 2 is 1.78 bits per heavy atom. The van der Waals surface area contributed by atoms with Crippen molar-refractivity contribution in [2.24, 2.45) is 0 Å².